The van der Waals surface area contributed by atoms with Crippen LogP contribution in [-0.4, -0.2) is 40.6 Å². The molecule has 0 aliphatic carbocycles. The van der Waals surface area contributed by atoms with Gasteiger partial charge in [-0.3, -0.25) is 4.79 Å². The molecule has 1 fully saturated rings. The zero-order valence-corrected chi connectivity index (χ0v) is 14.7. The van der Waals surface area contributed by atoms with Gasteiger partial charge in [0.25, 0.3) is 5.91 Å². The number of anilines is 1. The van der Waals surface area contributed by atoms with Crippen LogP contribution in [-0.2, 0) is 11.2 Å². The standard InChI is InChI=1S/C21H26N2O2/c1-21(25,16-17-8-4-2-5-9-17)20(24)23-14-12-19(13-15-23)22-18-10-6-3-7-11-18/h2-11,19,22,25H,12-16H2,1H3/t21-/m0/s1. The van der Waals surface area contributed by atoms with Crippen molar-refractivity contribution in [3.63, 3.8) is 0 Å². The van der Waals surface area contributed by atoms with Crippen molar-refractivity contribution in [3.8, 4) is 0 Å². The van der Waals surface area contributed by atoms with Crippen LogP contribution >= 0.6 is 0 Å². The minimum absolute atomic E-state index is 0.172. The Kier molecular flexibility index (Phi) is 5.39. The monoisotopic (exact) mass is 338 g/mol. The number of carbonyl (C=O) groups is 1. The number of amides is 1. The summed E-state index contributed by atoms with van der Waals surface area (Å²) in [5, 5.41) is 14.2. The van der Waals surface area contributed by atoms with Crippen LogP contribution < -0.4 is 5.32 Å². The second-order valence-corrected chi connectivity index (χ2v) is 7.01. The third kappa shape index (κ3) is 4.60. The van der Waals surface area contributed by atoms with Crippen LogP contribution in [0.1, 0.15) is 25.3 Å². The lowest BCUT2D eigenvalue weighted by atomic mass is 9.93. The maximum atomic E-state index is 12.7. The van der Waals surface area contributed by atoms with Crippen LogP contribution in [0, 0.1) is 0 Å². The van der Waals surface area contributed by atoms with E-state index in [1.54, 1.807) is 11.8 Å². The van der Waals surface area contributed by atoms with Gasteiger partial charge in [-0.1, -0.05) is 48.5 Å². The van der Waals surface area contributed by atoms with Crippen molar-refractivity contribution in [1.29, 1.82) is 0 Å². The van der Waals surface area contributed by atoms with E-state index in [4.69, 9.17) is 0 Å². The first-order chi connectivity index (χ1) is 12.0. The summed E-state index contributed by atoms with van der Waals surface area (Å²) >= 11 is 0. The Morgan fingerprint density at radius 3 is 2.24 bits per heavy atom. The van der Waals surface area contributed by atoms with E-state index < -0.39 is 5.60 Å². The predicted molar refractivity (Wildman–Crippen MR) is 100 cm³/mol. The number of carbonyl (C=O) groups excluding carboxylic acids is 1. The van der Waals surface area contributed by atoms with Crippen molar-refractivity contribution >= 4 is 11.6 Å². The molecule has 25 heavy (non-hydrogen) atoms. The van der Waals surface area contributed by atoms with E-state index in [1.807, 2.05) is 48.5 Å². The molecule has 2 aromatic rings. The number of hydrogen-bond acceptors (Lipinski definition) is 3. The summed E-state index contributed by atoms with van der Waals surface area (Å²) in [6, 6.07) is 20.2. The van der Waals surface area contributed by atoms with Gasteiger partial charge < -0.3 is 15.3 Å². The molecule has 4 nitrogen and oxygen atoms in total. The molecule has 0 unspecified atom stereocenters. The molecule has 4 heteroatoms. The SMILES string of the molecule is C[C@](O)(Cc1ccccc1)C(=O)N1CCC(Nc2ccccc2)CC1. The van der Waals surface area contributed by atoms with Crippen LogP contribution in [0.15, 0.2) is 60.7 Å². The number of benzene rings is 2. The van der Waals surface area contributed by atoms with Crippen molar-refractivity contribution in [1.82, 2.24) is 4.90 Å². The van der Waals surface area contributed by atoms with Crippen LogP contribution in [0.2, 0.25) is 0 Å². The lowest BCUT2D eigenvalue weighted by Gasteiger charge is -2.36. The van der Waals surface area contributed by atoms with E-state index in [-0.39, 0.29) is 5.91 Å². The Labute approximate surface area is 149 Å². The summed E-state index contributed by atoms with van der Waals surface area (Å²) in [5.74, 6) is -0.172. The number of hydrogen-bond donors (Lipinski definition) is 2. The fourth-order valence-corrected chi connectivity index (χ4v) is 3.41. The largest absolute Gasteiger partial charge is 0.382 e. The lowest BCUT2D eigenvalue weighted by Crippen LogP contribution is -2.52. The maximum Gasteiger partial charge on any atom is 0.254 e. The Hall–Kier alpha value is -2.33. The van der Waals surface area contributed by atoms with Crippen molar-refractivity contribution in [2.45, 2.75) is 37.8 Å². The molecule has 2 N–H and O–H groups in total. The van der Waals surface area contributed by atoms with Crippen molar-refractivity contribution in [2.24, 2.45) is 0 Å². The van der Waals surface area contributed by atoms with Gasteiger partial charge in [0.15, 0.2) is 0 Å². The third-order valence-electron chi connectivity index (χ3n) is 4.78. The molecule has 0 spiro atoms. The van der Waals surface area contributed by atoms with Gasteiger partial charge in [-0.05, 0) is 37.5 Å². The van der Waals surface area contributed by atoms with Gasteiger partial charge in [-0.25, -0.2) is 0 Å². The Morgan fingerprint density at radius 2 is 1.64 bits per heavy atom. The summed E-state index contributed by atoms with van der Waals surface area (Å²) in [7, 11) is 0. The number of likely N-dealkylation sites (tertiary alicyclic amines) is 1. The second kappa shape index (κ2) is 7.70. The third-order valence-corrected chi connectivity index (χ3v) is 4.78. The van der Waals surface area contributed by atoms with Crippen LogP contribution in [0.3, 0.4) is 0 Å². The molecule has 2 aromatic carbocycles. The molecule has 1 amide bonds. The number of rotatable bonds is 5. The maximum absolute atomic E-state index is 12.7. The van der Waals surface area contributed by atoms with Crippen molar-refractivity contribution < 1.29 is 9.90 Å². The van der Waals surface area contributed by atoms with Gasteiger partial charge >= 0.3 is 0 Å². The number of para-hydroxylation sites is 1. The van der Waals surface area contributed by atoms with Crippen LogP contribution in [0.4, 0.5) is 5.69 Å². The average molecular weight is 338 g/mol. The van der Waals surface area contributed by atoms with Gasteiger partial charge in [0, 0.05) is 31.2 Å². The zero-order chi connectivity index (χ0) is 17.7. The fourth-order valence-electron chi connectivity index (χ4n) is 3.41. The van der Waals surface area contributed by atoms with Crippen LogP contribution in [0.25, 0.3) is 0 Å². The number of nitrogens with zero attached hydrogens (tertiary/aromatic N) is 1. The van der Waals surface area contributed by atoms with E-state index in [2.05, 4.69) is 17.4 Å². The summed E-state index contributed by atoms with van der Waals surface area (Å²) in [6.07, 6.45) is 2.12. The number of aliphatic hydroxyl groups is 1. The molecule has 1 aliphatic rings. The topological polar surface area (TPSA) is 52.6 Å². The number of piperidine rings is 1. The summed E-state index contributed by atoms with van der Waals surface area (Å²) in [4.78, 5) is 14.5. The Balaban J connectivity index is 1.54. The highest BCUT2D eigenvalue weighted by Gasteiger charge is 2.36. The van der Waals surface area contributed by atoms with Gasteiger partial charge in [0.1, 0.15) is 5.60 Å². The second-order valence-electron chi connectivity index (χ2n) is 7.01. The first-order valence-corrected chi connectivity index (χ1v) is 8.92. The smallest absolute Gasteiger partial charge is 0.254 e. The first-order valence-electron chi connectivity index (χ1n) is 8.92. The van der Waals surface area contributed by atoms with E-state index in [9.17, 15) is 9.90 Å². The van der Waals surface area contributed by atoms with Crippen molar-refractivity contribution in [2.75, 3.05) is 18.4 Å². The van der Waals surface area contributed by atoms with E-state index >= 15 is 0 Å². The molecule has 1 aliphatic heterocycles. The molecule has 1 atom stereocenters. The fraction of sp³-hybridized carbons (Fsp3) is 0.381. The minimum atomic E-state index is -1.36. The normalized spacial score (nSPS) is 17.8. The van der Waals surface area contributed by atoms with E-state index in [1.165, 1.54) is 0 Å². The molecule has 0 bridgehead atoms. The first kappa shape index (κ1) is 17.5. The molecule has 0 aromatic heterocycles. The number of nitrogens with one attached hydrogen (secondary N) is 1. The van der Waals surface area contributed by atoms with Gasteiger partial charge in [-0.2, -0.15) is 0 Å². The van der Waals surface area contributed by atoms with Crippen molar-refractivity contribution in [3.05, 3.63) is 66.2 Å². The predicted octanol–water partition coefficient (Wildman–Crippen LogP) is 3.08. The molecule has 0 radical (unpaired) electrons. The summed E-state index contributed by atoms with van der Waals surface area (Å²) < 4.78 is 0. The zero-order valence-electron chi connectivity index (χ0n) is 14.7. The molecule has 132 valence electrons. The highest BCUT2D eigenvalue weighted by molar-refractivity contribution is 5.85. The quantitative estimate of drug-likeness (QED) is 0.881. The highest BCUT2D eigenvalue weighted by atomic mass is 16.3. The molecule has 1 saturated heterocycles. The summed E-state index contributed by atoms with van der Waals surface area (Å²) in [6.45, 7) is 2.97. The Morgan fingerprint density at radius 1 is 1.08 bits per heavy atom. The molecule has 0 saturated carbocycles. The molecular weight excluding hydrogens is 312 g/mol. The van der Waals surface area contributed by atoms with E-state index in [0.29, 0.717) is 25.6 Å². The van der Waals surface area contributed by atoms with Gasteiger partial charge in [-0.15, -0.1) is 0 Å². The molecule has 1 heterocycles. The van der Waals surface area contributed by atoms with Crippen LogP contribution in [0.5, 0.6) is 0 Å². The summed E-state index contributed by atoms with van der Waals surface area (Å²) in [5.41, 5.74) is 0.728. The highest BCUT2D eigenvalue weighted by Crippen LogP contribution is 2.21. The molecular formula is C21H26N2O2. The minimum Gasteiger partial charge on any atom is -0.382 e. The average Bonchev–Trinajstić information content (AvgIpc) is 2.63. The Bertz CT molecular complexity index is 678. The van der Waals surface area contributed by atoms with E-state index in [0.717, 1.165) is 24.1 Å². The molecule has 3 rings (SSSR count). The van der Waals surface area contributed by atoms with Gasteiger partial charge in [0.2, 0.25) is 0 Å². The van der Waals surface area contributed by atoms with Gasteiger partial charge in [0.05, 0.1) is 0 Å². The lowest BCUT2D eigenvalue weighted by molar-refractivity contribution is -0.150.